The Morgan fingerprint density at radius 3 is 2.04 bits per heavy atom. The van der Waals surface area contributed by atoms with Gasteiger partial charge in [-0.15, -0.1) is 11.8 Å². The van der Waals surface area contributed by atoms with Crippen molar-refractivity contribution in [3.8, 4) is 0 Å². The van der Waals surface area contributed by atoms with E-state index in [9.17, 15) is 73.8 Å². The van der Waals surface area contributed by atoms with Crippen LogP contribution in [-0.2, 0) is 41.3 Å². The molecule has 23 nitrogen and oxygen atoms in total. The van der Waals surface area contributed by atoms with Gasteiger partial charge in [-0.3, -0.25) is 28.8 Å². The standard InChI is InChI=1S/C42H55F4N11O12S3/c43-30-29(31(44)33(46)35(32(30)45)56-57-48)39(62)51-17-7-2-4-14-28(59)52-24(38(61)55-40(72(68)69)26(71(66)67)19-23(47)41(63)64)12-5-8-15-49-27(58)13-3-1-6-16-50-37(60)22-11-9-10-21(18-22)36-34-25(20-70-36)53-42(65)54-34/h9-11,18,23-26,34,36,40H,1-8,12-17,19-20,47H2,(H,49,58)(H,50,60)(H,51,62)(H,52,59)(H,55,61)(H,63,64)(H,66,67)(H,68,69)(H2,53,54,65). The van der Waals surface area contributed by atoms with Crippen molar-refractivity contribution in [2.45, 2.75) is 117 Å². The van der Waals surface area contributed by atoms with E-state index in [2.05, 4.69) is 47.2 Å². The summed E-state index contributed by atoms with van der Waals surface area (Å²) in [5.74, 6) is -13.0. The third kappa shape index (κ3) is 17.1. The number of halogens is 4. The maximum atomic E-state index is 14.3. The fraction of sp³-hybridized carbons (Fsp3) is 0.548. The highest BCUT2D eigenvalue weighted by atomic mass is 32.2. The van der Waals surface area contributed by atoms with Crippen LogP contribution >= 0.6 is 11.8 Å². The van der Waals surface area contributed by atoms with Gasteiger partial charge in [0.15, 0.2) is 45.4 Å². The zero-order valence-electron chi connectivity index (χ0n) is 38.3. The second-order valence-corrected chi connectivity index (χ2v) is 20.0. The number of carboxylic acid groups (broad SMARTS) is 1. The van der Waals surface area contributed by atoms with Crippen LogP contribution in [0, 0.1) is 23.3 Å². The molecule has 2 aliphatic rings. The quantitative estimate of drug-likeness (QED) is 0.00783. The lowest BCUT2D eigenvalue weighted by atomic mass is 9.99. The molecule has 4 rings (SSSR count). The first-order valence-corrected chi connectivity index (χ1v) is 25.9. The highest BCUT2D eigenvalue weighted by Gasteiger charge is 2.44. The van der Waals surface area contributed by atoms with Gasteiger partial charge in [0.1, 0.15) is 28.7 Å². The summed E-state index contributed by atoms with van der Waals surface area (Å²) < 4.78 is 101. The zero-order valence-corrected chi connectivity index (χ0v) is 40.8. The Morgan fingerprint density at radius 2 is 1.43 bits per heavy atom. The number of urea groups is 1. The molecule has 12 N–H and O–H groups in total. The van der Waals surface area contributed by atoms with E-state index in [-0.39, 0.29) is 99.6 Å². The van der Waals surface area contributed by atoms with Crippen molar-refractivity contribution in [3.05, 3.63) is 74.7 Å². The molecule has 0 bridgehead atoms. The minimum Gasteiger partial charge on any atom is -0.480 e. The number of aliphatic carboxylic acids is 1. The molecule has 396 valence electrons. The van der Waals surface area contributed by atoms with Crippen molar-refractivity contribution in [3.63, 3.8) is 0 Å². The Balaban J connectivity index is 1.21. The van der Waals surface area contributed by atoms with Crippen molar-refractivity contribution < 1.29 is 73.8 Å². The van der Waals surface area contributed by atoms with Gasteiger partial charge in [-0.25, -0.2) is 30.8 Å². The van der Waals surface area contributed by atoms with Crippen molar-refractivity contribution in [1.29, 1.82) is 0 Å². The number of thioether (sulfide) groups is 1. The predicted molar refractivity (Wildman–Crippen MR) is 254 cm³/mol. The number of rotatable bonds is 30. The number of nitrogens with zero attached hydrogens (tertiary/aromatic N) is 3. The van der Waals surface area contributed by atoms with Crippen LogP contribution in [0.1, 0.15) is 109 Å². The normalized spacial score (nSPS) is 18.4. The molecule has 2 saturated heterocycles. The molecule has 2 fully saturated rings. The number of carbonyl (C=O) groups is 7. The average Bonchev–Trinajstić information content (AvgIpc) is 3.91. The van der Waals surface area contributed by atoms with Crippen LogP contribution < -0.4 is 43.0 Å². The Morgan fingerprint density at radius 1 is 0.819 bits per heavy atom. The molecule has 0 aliphatic carbocycles. The summed E-state index contributed by atoms with van der Waals surface area (Å²) in [6.07, 6.45) is 1.60. The number of carbonyl (C=O) groups excluding carboxylic acids is 6. The number of azide groups is 1. The number of nitrogens with two attached hydrogens (primary N) is 1. The Hall–Kier alpha value is -5.91. The third-order valence-electron chi connectivity index (χ3n) is 11.4. The van der Waals surface area contributed by atoms with Crippen molar-refractivity contribution in [2.75, 3.05) is 25.4 Å². The fourth-order valence-corrected chi connectivity index (χ4v) is 11.0. The van der Waals surface area contributed by atoms with Crippen LogP contribution in [0.25, 0.3) is 10.4 Å². The Bertz CT molecular complexity index is 2400. The van der Waals surface area contributed by atoms with Gasteiger partial charge < -0.3 is 57.2 Å². The van der Waals surface area contributed by atoms with Crippen LogP contribution in [0.3, 0.4) is 0 Å². The molecular formula is C42H55F4N11O12S3. The first kappa shape index (κ1) is 58.7. The average molecular weight is 1080 g/mol. The monoisotopic (exact) mass is 1080 g/mol. The van der Waals surface area contributed by atoms with Crippen molar-refractivity contribution >= 4 is 81.1 Å². The van der Waals surface area contributed by atoms with E-state index in [0.717, 1.165) is 11.3 Å². The van der Waals surface area contributed by atoms with Crippen LogP contribution in [0.2, 0.25) is 0 Å². The largest absolute Gasteiger partial charge is 0.480 e. The summed E-state index contributed by atoms with van der Waals surface area (Å²) in [5.41, 5.74) is 12.1. The molecule has 2 aromatic carbocycles. The number of carboxylic acids is 1. The lowest BCUT2D eigenvalue weighted by Crippen LogP contribution is -2.55. The van der Waals surface area contributed by atoms with Crippen LogP contribution in [0.4, 0.5) is 28.0 Å². The molecule has 7 amide bonds. The smallest absolute Gasteiger partial charge is 0.320 e. The van der Waals surface area contributed by atoms with Gasteiger partial charge in [-0.2, -0.15) is 0 Å². The fourth-order valence-electron chi connectivity index (χ4n) is 7.68. The molecule has 0 aromatic heterocycles. The number of benzene rings is 2. The van der Waals surface area contributed by atoms with E-state index in [0.29, 0.717) is 31.4 Å². The first-order valence-electron chi connectivity index (χ1n) is 22.6. The molecule has 2 aromatic rings. The topological polar surface area (TPSA) is 373 Å². The summed E-state index contributed by atoms with van der Waals surface area (Å²) in [6, 6.07) is 3.86. The zero-order chi connectivity index (χ0) is 53.1. The molecule has 30 heteroatoms. The van der Waals surface area contributed by atoms with Gasteiger partial charge in [-0.05, 0) is 74.6 Å². The maximum absolute atomic E-state index is 14.3. The molecule has 72 heavy (non-hydrogen) atoms. The molecular weight excluding hydrogens is 1020 g/mol. The second kappa shape index (κ2) is 29.0. The van der Waals surface area contributed by atoms with Crippen molar-refractivity contribution in [2.24, 2.45) is 10.8 Å². The molecule has 9 atom stereocenters. The van der Waals surface area contributed by atoms with Crippen molar-refractivity contribution in [1.82, 2.24) is 37.2 Å². The summed E-state index contributed by atoms with van der Waals surface area (Å²) in [7, 11) is 0. The van der Waals surface area contributed by atoms with E-state index >= 15 is 0 Å². The lowest BCUT2D eigenvalue weighted by Gasteiger charge is -2.26. The molecule has 9 unspecified atom stereocenters. The number of unbranched alkanes of at least 4 members (excludes halogenated alkanes) is 5. The van der Waals surface area contributed by atoms with Gasteiger partial charge in [0.05, 0.1) is 22.6 Å². The summed E-state index contributed by atoms with van der Waals surface area (Å²) in [4.78, 5) is 89.4. The van der Waals surface area contributed by atoms with E-state index in [4.69, 9.17) is 11.3 Å². The number of nitrogens with one attached hydrogen (secondary N) is 7. The van der Waals surface area contributed by atoms with E-state index in [1.807, 2.05) is 12.1 Å². The second-order valence-electron chi connectivity index (χ2n) is 16.6. The van der Waals surface area contributed by atoms with E-state index in [1.54, 1.807) is 23.9 Å². The molecule has 0 radical (unpaired) electrons. The van der Waals surface area contributed by atoms with Gasteiger partial charge in [-0.1, -0.05) is 30.1 Å². The van der Waals surface area contributed by atoms with Gasteiger partial charge in [0.2, 0.25) is 17.7 Å². The first-order chi connectivity index (χ1) is 34.2. The number of amides is 7. The Kier molecular flexibility index (Phi) is 23.6. The SMILES string of the molecule is [N-]=[N+]=Nc1c(F)c(F)c(C(=O)NCCCCCC(=O)NC(CCCCNC(=O)CCCCCNC(=O)c2cccc(C3SCC4NC(=O)NC43)c2)C(=O)NC(C(CC(N)C(=O)O)S(=O)O)S(=O)O)c(F)c1F. The summed E-state index contributed by atoms with van der Waals surface area (Å²) in [5, 5.41) is 26.1. The van der Waals surface area contributed by atoms with Crippen LogP contribution in [0.5, 0.6) is 0 Å². The number of hydrogen-bond acceptors (Lipinski definition) is 12. The van der Waals surface area contributed by atoms with E-state index < -0.39 is 109 Å². The lowest BCUT2D eigenvalue weighted by molar-refractivity contribution is -0.138. The van der Waals surface area contributed by atoms with Crippen LogP contribution in [-0.4, -0.2) is 124 Å². The molecule has 2 heterocycles. The third-order valence-corrected chi connectivity index (χ3v) is 15.0. The Labute approximate surface area is 418 Å². The van der Waals surface area contributed by atoms with Gasteiger partial charge >= 0.3 is 12.0 Å². The minimum atomic E-state index is -3.05. The maximum Gasteiger partial charge on any atom is 0.320 e. The van der Waals surface area contributed by atoms with Crippen LogP contribution in [0.15, 0.2) is 29.4 Å². The molecule has 2 aliphatic heterocycles. The van der Waals surface area contributed by atoms with Gasteiger partial charge in [0, 0.05) is 48.7 Å². The number of fused-ring (bicyclic) bond motifs is 1. The highest BCUT2D eigenvalue weighted by Crippen LogP contribution is 2.42. The number of hydrogen-bond donors (Lipinski definition) is 11. The van der Waals surface area contributed by atoms with Gasteiger partial charge in [0.25, 0.3) is 11.8 Å². The highest BCUT2D eigenvalue weighted by molar-refractivity contribution is 7.99. The molecule has 0 spiro atoms. The summed E-state index contributed by atoms with van der Waals surface area (Å²) in [6.45, 7) is 0.256. The predicted octanol–water partition coefficient (Wildman–Crippen LogP) is 3.13. The minimum absolute atomic E-state index is 0.0177. The van der Waals surface area contributed by atoms with E-state index in [1.165, 1.54) is 0 Å². The molecule has 0 saturated carbocycles. The summed E-state index contributed by atoms with van der Waals surface area (Å²) >= 11 is -4.31.